The average molecular weight is 926 g/mol. The largest absolute Gasteiger partial charge is 0.557 e. The van der Waals surface area contributed by atoms with Gasteiger partial charge in [0, 0.05) is 57.5 Å². The van der Waals surface area contributed by atoms with Gasteiger partial charge in [0.15, 0.2) is 0 Å². The van der Waals surface area contributed by atoms with Crippen LogP contribution in [0.5, 0.6) is 0 Å². The first-order valence-electron chi connectivity index (χ1n) is 21.7. The van der Waals surface area contributed by atoms with E-state index in [4.69, 9.17) is 17.6 Å². The third-order valence-corrected chi connectivity index (χ3v) is 9.95. The van der Waals surface area contributed by atoms with Gasteiger partial charge in [-0.15, -0.1) is 35.4 Å². The number of rotatable bonds is 5. The molecule has 0 N–H and O–H groups in total. The zero-order valence-electron chi connectivity index (χ0n) is 38.4. The van der Waals surface area contributed by atoms with Crippen molar-refractivity contribution in [3.8, 4) is 50.6 Å². The Kier molecular flexibility index (Phi) is 9.23. The summed E-state index contributed by atoms with van der Waals surface area (Å²) in [5.74, 6) is 0.817. The fourth-order valence-electron chi connectivity index (χ4n) is 7.14. The number of pyridine rings is 1. The second-order valence-corrected chi connectivity index (χ2v) is 15.1. The molecule has 0 saturated carbocycles. The van der Waals surface area contributed by atoms with E-state index in [0.717, 1.165) is 66.9 Å². The minimum atomic E-state index is -2.18. The number of aryl methyl sites for hydroxylation is 4. The van der Waals surface area contributed by atoms with E-state index < -0.39 is 13.7 Å². The Bertz CT molecular complexity index is 2900. The van der Waals surface area contributed by atoms with Crippen LogP contribution in [0.25, 0.3) is 72.6 Å². The van der Waals surface area contributed by atoms with E-state index in [9.17, 15) is 0 Å². The minimum absolute atomic E-state index is 0. The summed E-state index contributed by atoms with van der Waals surface area (Å²) >= 11 is 0. The van der Waals surface area contributed by atoms with Crippen LogP contribution in [0.1, 0.15) is 56.8 Å². The normalized spacial score (nSPS) is 13.3. The second kappa shape index (κ2) is 16.3. The first-order chi connectivity index (χ1) is 29.5. The number of hydrogen-bond acceptors (Lipinski definition) is 3. The third-order valence-electron chi connectivity index (χ3n) is 9.95. The van der Waals surface area contributed by atoms with Crippen molar-refractivity contribution in [3.63, 3.8) is 0 Å². The van der Waals surface area contributed by atoms with E-state index >= 15 is 0 Å². The molecule has 6 aromatic carbocycles. The summed E-state index contributed by atoms with van der Waals surface area (Å²) < 4.78 is 52.1. The molecule has 0 aliphatic heterocycles. The molecule has 3 aromatic heterocycles. The van der Waals surface area contributed by atoms with Gasteiger partial charge in [0.25, 0.3) is 0 Å². The summed E-state index contributed by atoms with van der Waals surface area (Å²) in [4.78, 5) is 9.33. The SMILES string of the molecule is Cc1cc(C)c2o[c-]c(-c3nc4ccccc4n3-c3c(-c4ccccc4)cc(C(C)(C)C)cc3-c3ccccc3)c2c1.[2H]C([2H])([2H])c1c[c-]c(-c2ccc(C([2H])([2H])[2H])cn2)cc1.[Ir]. The number of hydrogen-bond donors (Lipinski definition) is 0. The Morgan fingerprint density at radius 1 is 0.702 bits per heavy atom. The van der Waals surface area contributed by atoms with Gasteiger partial charge < -0.3 is 14.0 Å². The van der Waals surface area contributed by atoms with E-state index in [0.29, 0.717) is 11.3 Å². The van der Waals surface area contributed by atoms with Crippen molar-refractivity contribution in [2.45, 2.75) is 53.7 Å². The fourth-order valence-corrected chi connectivity index (χ4v) is 7.14. The quantitative estimate of drug-likeness (QED) is 0.162. The molecule has 1 radical (unpaired) electrons. The monoisotopic (exact) mass is 926 g/mol. The van der Waals surface area contributed by atoms with E-state index in [2.05, 4.69) is 160 Å². The molecule has 9 rings (SSSR count). The Morgan fingerprint density at radius 2 is 1.35 bits per heavy atom. The number of benzene rings is 6. The van der Waals surface area contributed by atoms with Gasteiger partial charge in [-0.25, -0.2) is 0 Å². The summed E-state index contributed by atoms with van der Waals surface area (Å²) in [5.41, 5.74) is 14.5. The number of nitrogens with zero attached hydrogens (tertiary/aromatic N) is 3. The second-order valence-electron chi connectivity index (χ2n) is 15.1. The van der Waals surface area contributed by atoms with Crippen LogP contribution in [-0.4, -0.2) is 14.5 Å². The van der Waals surface area contributed by atoms with Gasteiger partial charge >= 0.3 is 0 Å². The molecule has 5 heteroatoms. The van der Waals surface area contributed by atoms with Crippen molar-refractivity contribution in [2.75, 3.05) is 0 Å². The maximum atomic E-state index is 7.28. The maximum Gasteiger partial charge on any atom is 0.0774 e. The third kappa shape index (κ3) is 8.05. The molecule has 4 nitrogen and oxygen atoms in total. The molecule has 0 saturated heterocycles. The molecule has 0 atom stereocenters. The van der Waals surface area contributed by atoms with Gasteiger partial charge in [-0.05, 0) is 78.3 Å². The van der Waals surface area contributed by atoms with Crippen LogP contribution in [0, 0.1) is 39.9 Å². The van der Waals surface area contributed by atoms with Crippen molar-refractivity contribution in [2.24, 2.45) is 0 Å². The van der Waals surface area contributed by atoms with E-state index in [1.807, 2.05) is 6.07 Å². The number of imidazole rings is 1. The predicted octanol–water partition coefficient (Wildman–Crippen LogP) is 13.7. The van der Waals surface area contributed by atoms with Gasteiger partial charge in [0.05, 0.1) is 22.5 Å². The van der Waals surface area contributed by atoms with Crippen molar-refractivity contribution in [1.29, 1.82) is 0 Å². The predicted molar refractivity (Wildman–Crippen MR) is 232 cm³/mol. The van der Waals surface area contributed by atoms with E-state index in [-0.39, 0.29) is 36.6 Å². The van der Waals surface area contributed by atoms with E-state index in [1.165, 1.54) is 35.5 Å². The zero-order chi connectivity index (χ0) is 44.0. The number of furan rings is 1. The molecule has 0 aliphatic carbocycles. The standard InChI is InChI=1S/C39H33N2O.C13H12N.Ir/c1-25-20-26(2)37-32(21-25)33(24-42-37)38-40-34-18-12-13-19-35(34)41(38)36-30(27-14-8-6-9-15-27)22-29(39(3,4)5)23-31(36)28-16-10-7-11-17-28;1-10-3-6-12(7-4-10)13-8-5-11(2)9-14-13;/h6-23H,1-5H3;3-6,8-9H,1-2H3;/q2*-1;/i;1D3,2D3;. The first-order valence-corrected chi connectivity index (χ1v) is 18.7. The maximum absolute atomic E-state index is 7.28. The van der Waals surface area contributed by atoms with Crippen LogP contribution < -0.4 is 0 Å². The number of fused-ring (bicyclic) bond motifs is 2. The molecular formula is C52H45IrN3O-2. The Morgan fingerprint density at radius 3 is 1.95 bits per heavy atom. The fraction of sp³-hybridized carbons (Fsp3) is 0.154. The summed E-state index contributed by atoms with van der Waals surface area (Å²) in [7, 11) is 0. The van der Waals surface area contributed by atoms with Gasteiger partial charge in [0.1, 0.15) is 0 Å². The average Bonchev–Trinajstić information content (AvgIpc) is 3.85. The van der Waals surface area contributed by atoms with Crippen molar-refractivity contribution in [1.82, 2.24) is 14.5 Å². The van der Waals surface area contributed by atoms with Crippen LogP contribution >= 0.6 is 0 Å². The first kappa shape index (κ1) is 32.2. The Hall–Kier alpha value is -5.87. The van der Waals surface area contributed by atoms with Crippen molar-refractivity contribution >= 4 is 22.0 Å². The smallest absolute Gasteiger partial charge is 0.0774 e. The summed E-state index contributed by atoms with van der Waals surface area (Å²) in [6, 6.07) is 49.3. The molecule has 0 aliphatic rings. The van der Waals surface area contributed by atoms with Crippen molar-refractivity contribution in [3.05, 3.63) is 186 Å². The molecule has 57 heavy (non-hydrogen) atoms. The van der Waals surface area contributed by atoms with Crippen molar-refractivity contribution < 1.29 is 32.7 Å². The van der Waals surface area contributed by atoms with E-state index in [1.54, 1.807) is 12.1 Å². The minimum Gasteiger partial charge on any atom is -0.557 e. The van der Waals surface area contributed by atoms with Crippen LogP contribution in [0.15, 0.2) is 150 Å². The number of aromatic nitrogens is 3. The molecule has 0 bridgehead atoms. The van der Waals surface area contributed by atoms with Gasteiger partial charge in [0.2, 0.25) is 0 Å². The van der Waals surface area contributed by atoms with Gasteiger partial charge in [-0.2, -0.15) is 0 Å². The Balaban J connectivity index is 0.000000239. The summed E-state index contributed by atoms with van der Waals surface area (Å²) in [5, 5.41) is 1.03. The molecule has 0 unspecified atom stereocenters. The van der Waals surface area contributed by atoms with Gasteiger partial charge in [-0.1, -0.05) is 147 Å². The molecule has 285 valence electrons. The van der Waals surface area contributed by atoms with Crippen LogP contribution in [0.4, 0.5) is 0 Å². The molecule has 0 amide bonds. The topological polar surface area (TPSA) is 43.9 Å². The Labute approximate surface area is 358 Å². The summed E-state index contributed by atoms with van der Waals surface area (Å²) in [6.45, 7) is 6.71. The van der Waals surface area contributed by atoms with Gasteiger partial charge in [-0.3, -0.25) is 4.98 Å². The molecule has 0 fully saturated rings. The molecule has 3 heterocycles. The van der Waals surface area contributed by atoms with Crippen LogP contribution in [0.3, 0.4) is 0 Å². The zero-order valence-corrected chi connectivity index (χ0v) is 34.8. The summed E-state index contributed by atoms with van der Waals surface area (Å²) in [6.07, 6.45) is 4.56. The molecule has 9 aromatic rings. The number of para-hydroxylation sites is 2. The molecular weight excluding hydrogens is 875 g/mol. The van der Waals surface area contributed by atoms with Crippen LogP contribution in [-0.2, 0) is 25.5 Å². The molecule has 0 spiro atoms. The van der Waals surface area contributed by atoms with Crippen LogP contribution in [0.2, 0.25) is 0 Å².